The maximum atomic E-state index is 10.8. The van der Waals surface area contributed by atoms with E-state index in [-0.39, 0.29) is 5.54 Å². The highest BCUT2D eigenvalue weighted by molar-refractivity contribution is 5.51. The average Bonchev–Trinajstić information content (AvgIpc) is 2.31. The normalized spacial score (nSPS) is 23.7. The molecule has 0 saturated carbocycles. The summed E-state index contributed by atoms with van der Waals surface area (Å²) in [4.78, 5) is 15.3. The third kappa shape index (κ3) is 2.40. The van der Waals surface area contributed by atoms with E-state index in [0.717, 1.165) is 26.0 Å². The van der Waals surface area contributed by atoms with E-state index in [0.29, 0.717) is 6.04 Å². The first kappa shape index (κ1) is 13.5. The van der Waals surface area contributed by atoms with Crippen molar-refractivity contribution in [3.8, 4) is 0 Å². The fourth-order valence-corrected chi connectivity index (χ4v) is 2.72. The van der Waals surface area contributed by atoms with Crippen LogP contribution in [-0.2, 0) is 4.79 Å². The molecule has 2 rings (SSSR count). The zero-order valence-electron chi connectivity index (χ0n) is 11.2. The van der Waals surface area contributed by atoms with Crippen molar-refractivity contribution in [3.05, 3.63) is 0 Å². The molecule has 1 spiro atoms. The number of piperidine rings is 1. The summed E-state index contributed by atoms with van der Waals surface area (Å²) in [6.07, 6.45) is 4.60. The molecule has 2 fully saturated rings. The average molecular weight is 226 g/mol. The molecule has 0 bridgehead atoms. The minimum atomic E-state index is 0.257. The van der Waals surface area contributed by atoms with Crippen molar-refractivity contribution in [1.29, 1.82) is 0 Å². The van der Waals surface area contributed by atoms with Crippen LogP contribution in [0.25, 0.3) is 0 Å². The molecule has 94 valence electrons. The number of rotatable bonds is 2. The van der Waals surface area contributed by atoms with Gasteiger partial charge in [-0.1, -0.05) is 13.8 Å². The Bertz CT molecular complexity index is 220. The van der Waals surface area contributed by atoms with Gasteiger partial charge < -0.3 is 9.80 Å². The van der Waals surface area contributed by atoms with Crippen LogP contribution >= 0.6 is 0 Å². The highest BCUT2D eigenvalue weighted by Gasteiger charge is 2.45. The quantitative estimate of drug-likeness (QED) is 0.673. The van der Waals surface area contributed by atoms with Crippen molar-refractivity contribution in [2.45, 2.75) is 58.5 Å². The molecule has 2 saturated heterocycles. The molecule has 1 amide bonds. The largest absolute Gasteiger partial charge is 0.339 e. The third-order valence-corrected chi connectivity index (χ3v) is 4.01. The molecule has 0 aromatic heterocycles. The summed E-state index contributed by atoms with van der Waals surface area (Å²) in [7, 11) is 0. The Morgan fingerprint density at radius 2 is 1.56 bits per heavy atom. The predicted molar refractivity (Wildman–Crippen MR) is 67.4 cm³/mol. The number of carbonyl (C=O) groups excluding carboxylic acids is 1. The van der Waals surface area contributed by atoms with Gasteiger partial charge >= 0.3 is 0 Å². The maximum absolute atomic E-state index is 10.8. The first-order chi connectivity index (χ1) is 7.68. The topological polar surface area (TPSA) is 23.6 Å². The second-order valence-corrected chi connectivity index (χ2v) is 4.90. The summed E-state index contributed by atoms with van der Waals surface area (Å²) < 4.78 is 0. The van der Waals surface area contributed by atoms with E-state index in [2.05, 4.69) is 18.7 Å². The Balaban J connectivity index is 0.000000606. The Kier molecular flexibility index (Phi) is 4.78. The summed E-state index contributed by atoms with van der Waals surface area (Å²) in [5.41, 5.74) is 0.257. The number of amides is 1. The SMILES string of the molecule is CC.CC(C)N1CCC2(CC1)CCN2C=O. The van der Waals surface area contributed by atoms with Gasteiger partial charge in [0.2, 0.25) is 6.41 Å². The van der Waals surface area contributed by atoms with Crippen molar-refractivity contribution in [2.24, 2.45) is 0 Å². The van der Waals surface area contributed by atoms with Crippen LogP contribution in [-0.4, -0.2) is 47.4 Å². The minimum absolute atomic E-state index is 0.257. The molecule has 2 aliphatic heterocycles. The highest BCUT2D eigenvalue weighted by Crippen LogP contribution is 2.38. The van der Waals surface area contributed by atoms with Gasteiger partial charge in [0.25, 0.3) is 0 Å². The monoisotopic (exact) mass is 226 g/mol. The molecule has 2 heterocycles. The lowest BCUT2D eigenvalue weighted by molar-refractivity contribution is -0.137. The Morgan fingerprint density at radius 1 is 1.06 bits per heavy atom. The molecule has 3 nitrogen and oxygen atoms in total. The summed E-state index contributed by atoms with van der Waals surface area (Å²) in [5.74, 6) is 0. The van der Waals surface area contributed by atoms with Crippen molar-refractivity contribution in [3.63, 3.8) is 0 Å². The number of likely N-dealkylation sites (tertiary alicyclic amines) is 2. The second kappa shape index (κ2) is 5.67. The molecule has 0 radical (unpaired) electrons. The first-order valence-electron chi connectivity index (χ1n) is 6.64. The molecule has 0 aromatic carbocycles. The van der Waals surface area contributed by atoms with E-state index in [4.69, 9.17) is 0 Å². The highest BCUT2D eigenvalue weighted by atomic mass is 16.1. The van der Waals surface area contributed by atoms with Crippen molar-refractivity contribution < 1.29 is 4.79 Å². The predicted octanol–water partition coefficient (Wildman–Crippen LogP) is 2.12. The fraction of sp³-hybridized carbons (Fsp3) is 0.923. The van der Waals surface area contributed by atoms with Crippen LogP contribution in [0.2, 0.25) is 0 Å². The van der Waals surface area contributed by atoms with E-state index in [1.807, 2.05) is 18.7 Å². The van der Waals surface area contributed by atoms with E-state index < -0.39 is 0 Å². The van der Waals surface area contributed by atoms with Gasteiger partial charge in [-0.2, -0.15) is 0 Å². The first-order valence-corrected chi connectivity index (χ1v) is 6.64. The van der Waals surface area contributed by atoms with Crippen LogP contribution < -0.4 is 0 Å². The molecule has 0 aromatic rings. The summed E-state index contributed by atoms with van der Waals surface area (Å²) in [6, 6.07) is 0.650. The summed E-state index contributed by atoms with van der Waals surface area (Å²) >= 11 is 0. The van der Waals surface area contributed by atoms with Gasteiger partial charge in [-0.25, -0.2) is 0 Å². The van der Waals surface area contributed by atoms with Gasteiger partial charge in [0, 0.05) is 31.2 Å². The van der Waals surface area contributed by atoms with Crippen LogP contribution in [0.3, 0.4) is 0 Å². The minimum Gasteiger partial charge on any atom is -0.339 e. The lowest BCUT2D eigenvalue weighted by Crippen LogP contribution is -2.63. The number of hydrogen-bond acceptors (Lipinski definition) is 2. The van der Waals surface area contributed by atoms with Gasteiger partial charge in [0.05, 0.1) is 0 Å². The third-order valence-electron chi connectivity index (χ3n) is 4.01. The zero-order valence-corrected chi connectivity index (χ0v) is 11.2. The molecule has 0 atom stereocenters. The Labute approximate surface area is 99.8 Å². The van der Waals surface area contributed by atoms with E-state index in [9.17, 15) is 4.79 Å². The molecular formula is C13H26N2O. The van der Waals surface area contributed by atoms with Gasteiger partial charge in [-0.05, 0) is 33.1 Å². The van der Waals surface area contributed by atoms with Gasteiger partial charge in [0.1, 0.15) is 0 Å². The van der Waals surface area contributed by atoms with Gasteiger partial charge in [-0.15, -0.1) is 0 Å². The number of nitrogens with zero attached hydrogens (tertiary/aromatic N) is 2. The molecule has 16 heavy (non-hydrogen) atoms. The van der Waals surface area contributed by atoms with Crippen LogP contribution in [0.4, 0.5) is 0 Å². The zero-order chi connectivity index (χ0) is 12.2. The molecule has 0 aliphatic carbocycles. The fourth-order valence-electron chi connectivity index (χ4n) is 2.72. The standard InChI is InChI=1S/C11H20N2O.C2H6/c1-10(2)12-6-3-11(4-7-12)5-8-13(11)9-14;1-2/h9-10H,3-8H2,1-2H3;1-2H3. The lowest BCUT2D eigenvalue weighted by atomic mass is 9.76. The van der Waals surface area contributed by atoms with Crippen molar-refractivity contribution in [1.82, 2.24) is 9.80 Å². The Morgan fingerprint density at radius 3 is 1.88 bits per heavy atom. The molecule has 0 unspecified atom stereocenters. The van der Waals surface area contributed by atoms with Crippen LogP contribution in [0, 0.1) is 0 Å². The van der Waals surface area contributed by atoms with E-state index in [1.165, 1.54) is 19.3 Å². The van der Waals surface area contributed by atoms with E-state index in [1.54, 1.807) is 0 Å². The molecule has 2 aliphatic rings. The smallest absolute Gasteiger partial charge is 0.210 e. The van der Waals surface area contributed by atoms with Crippen molar-refractivity contribution >= 4 is 6.41 Å². The maximum Gasteiger partial charge on any atom is 0.210 e. The van der Waals surface area contributed by atoms with Crippen molar-refractivity contribution in [2.75, 3.05) is 19.6 Å². The van der Waals surface area contributed by atoms with Crippen LogP contribution in [0.5, 0.6) is 0 Å². The van der Waals surface area contributed by atoms with Crippen LogP contribution in [0.15, 0.2) is 0 Å². The Hall–Kier alpha value is -0.570. The van der Waals surface area contributed by atoms with Gasteiger partial charge in [0.15, 0.2) is 0 Å². The van der Waals surface area contributed by atoms with E-state index >= 15 is 0 Å². The number of carbonyl (C=O) groups is 1. The summed E-state index contributed by atoms with van der Waals surface area (Å²) in [5, 5.41) is 0. The summed E-state index contributed by atoms with van der Waals surface area (Å²) in [6.45, 7) is 11.8. The second-order valence-electron chi connectivity index (χ2n) is 4.90. The molecule has 0 N–H and O–H groups in total. The molecule has 3 heteroatoms. The number of hydrogen-bond donors (Lipinski definition) is 0. The molecular weight excluding hydrogens is 200 g/mol. The lowest BCUT2D eigenvalue weighted by Gasteiger charge is -2.55. The van der Waals surface area contributed by atoms with Gasteiger partial charge in [-0.3, -0.25) is 4.79 Å². The van der Waals surface area contributed by atoms with Crippen LogP contribution in [0.1, 0.15) is 47.0 Å².